The molecule has 1 rings (SSSR count). The van der Waals surface area contributed by atoms with Crippen molar-refractivity contribution < 1.29 is 4.79 Å². The lowest BCUT2D eigenvalue weighted by molar-refractivity contribution is -0.122. The van der Waals surface area contributed by atoms with Crippen LogP contribution in [0.2, 0.25) is 0 Å². The van der Waals surface area contributed by atoms with Gasteiger partial charge in [0.05, 0.1) is 12.1 Å². The van der Waals surface area contributed by atoms with E-state index in [1.165, 1.54) is 5.56 Å². The molecule has 0 fully saturated rings. The molecule has 0 saturated carbocycles. The van der Waals surface area contributed by atoms with Crippen LogP contribution in [-0.4, -0.2) is 11.9 Å². The molecule has 0 aromatic heterocycles. The minimum absolute atomic E-state index is 0.0162. The number of benzene rings is 1. The molecule has 18 heavy (non-hydrogen) atoms. The zero-order valence-electron chi connectivity index (χ0n) is 11.9. The van der Waals surface area contributed by atoms with Gasteiger partial charge in [-0.1, -0.05) is 45.0 Å². The van der Waals surface area contributed by atoms with Crippen molar-refractivity contribution >= 4 is 5.91 Å². The summed E-state index contributed by atoms with van der Waals surface area (Å²) in [4.78, 5) is 11.5. The molecule has 100 valence electrons. The zero-order valence-corrected chi connectivity index (χ0v) is 11.9. The largest absolute Gasteiger partial charge is 0.348 e. The fraction of sp³-hybridized carbons (Fsp3) is 0.533. The van der Waals surface area contributed by atoms with E-state index in [-0.39, 0.29) is 17.4 Å². The van der Waals surface area contributed by atoms with E-state index in [9.17, 15) is 4.79 Å². The second kappa shape index (κ2) is 5.53. The van der Waals surface area contributed by atoms with Crippen LogP contribution < -0.4 is 11.1 Å². The molecule has 1 aromatic rings. The van der Waals surface area contributed by atoms with E-state index < -0.39 is 6.04 Å². The molecule has 1 aromatic carbocycles. The van der Waals surface area contributed by atoms with Gasteiger partial charge in [-0.05, 0) is 30.4 Å². The lowest BCUT2D eigenvalue weighted by Crippen LogP contribution is -2.39. The summed E-state index contributed by atoms with van der Waals surface area (Å²) in [5.41, 5.74) is 8.06. The van der Waals surface area contributed by atoms with E-state index in [1.54, 1.807) is 6.92 Å². The van der Waals surface area contributed by atoms with Gasteiger partial charge in [-0.15, -0.1) is 0 Å². The first-order valence-electron chi connectivity index (χ1n) is 6.38. The molecule has 0 spiro atoms. The number of nitrogens with one attached hydrogen (secondary N) is 1. The maximum atomic E-state index is 11.5. The van der Waals surface area contributed by atoms with E-state index in [0.29, 0.717) is 0 Å². The summed E-state index contributed by atoms with van der Waals surface area (Å²) >= 11 is 0. The van der Waals surface area contributed by atoms with Crippen LogP contribution in [-0.2, 0) is 10.2 Å². The molecule has 0 aliphatic rings. The van der Waals surface area contributed by atoms with Gasteiger partial charge in [0, 0.05) is 0 Å². The van der Waals surface area contributed by atoms with Crippen molar-refractivity contribution in [1.82, 2.24) is 5.32 Å². The number of hydrogen-bond acceptors (Lipinski definition) is 2. The van der Waals surface area contributed by atoms with E-state index in [0.717, 1.165) is 5.56 Å². The Morgan fingerprint density at radius 2 is 1.67 bits per heavy atom. The Bertz CT molecular complexity index is 401. The molecule has 0 aliphatic carbocycles. The Morgan fingerprint density at radius 1 is 1.17 bits per heavy atom. The second-order valence-electron chi connectivity index (χ2n) is 5.89. The monoisotopic (exact) mass is 248 g/mol. The van der Waals surface area contributed by atoms with Crippen molar-refractivity contribution in [3.8, 4) is 0 Å². The van der Waals surface area contributed by atoms with E-state index >= 15 is 0 Å². The predicted molar refractivity (Wildman–Crippen MR) is 75.3 cm³/mol. The van der Waals surface area contributed by atoms with Gasteiger partial charge in [0.2, 0.25) is 5.91 Å². The topological polar surface area (TPSA) is 55.1 Å². The molecule has 3 N–H and O–H groups in total. The van der Waals surface area contributed by atoms with Crippen LogP contribution >= 0.6 is 0 Å². The lowest BCUT2D eigenvalue weighted by Gasteiger charge is -2.21. The zero-order chi connectivity index (χ0) is 13.9. The average Bonchev–Trinajstić information content (AvgIpc) is 2.27. The van der Waals surface area contributed by atoms with Gasteiger partial charge in [0.15, 0.2) is 0 Å². The SMILES string of the molecule is CC(NC(=O)[C@@H](C)N)c1ccc(C(C)(C)C)cc1. The number of carbonyl (C=O) groups is 1. The van der Waals surface area contributed by atoms with Crippen molar-refractivity contribution in [3.63, 3.8) is 0 Å². The summed E-state index contributed by atoms with van der Waals surface area (Å²) in [6.07, 6.45) is 0. The minimum Gasteiger partial charge on any atom is -0.348 e. The molecule has 0 heterocycles. The van der Waals surface area contributed by atoms with Crippen LogP contribution in [0.5, 0.6) is 0 Å². The number of rotatable bonds is 3. The molecule has 0 bridgehead atoms. The summed E-state index contributed by atoms with van der Waals surface area (Å²) in [5, 5.41) is 2.89. The van der Waals surface area contributed by atoms with Crippen molar-refractivity contribution in [2.24, 2.45) is 5.73 Å². The van der Waals surface area contributed by atoms with Gasteiger partial charge in [-0.25, -0.2) is 0 Å². The van der Waals surface area contributed by atoms with Crippen molar-refractivity contribution in [1.29, 1.82) is 0 Å². The van der Waals surface area contributed by atoms with Gasteiger partial charge in [0.1, 0.15) is 0 Å². The maximum absolute atomic E-state index is 11.5. The molecule has 0 saturated heterocycles. The molecule has 0 aliphatic heterocycles. The Hall–Kier alpha value is -1.35. The number of nitrogens with two attached hydrogens (primary N) is 1. The Kier molecular flexibility index (Phi) is 4.52. The maximum Gasteiger partial charge on any atom is 0.237 e. The highest BCUT2D eigenvalue weighted by atomic mass is 16.2. The molecule has 1 unspecified atom stereocenters. The first kappa shape index (κ1) is 14.7. The normalized spacial score (nSPS) is 15.0. The first-order chi connectivity index (χ1) is 8.21. The van der Waals surface area contributed by atoms with Gasteiger partial charge in [-0.3, -0.25) is 4.79 Å². The second-order valence-corrected chi connectivity index (χ2v) is 5.89. The lowest BCUT2D eigenvalue weighted by atomic mass is 9.86. The van der Waals surface area contributed by atoms with E-state index in [4.69, 9.17) is 5.73 Å². The number of carbonyl (C=O) groups excluding carboxylic acids is 1. The number of amides is 1. The quantitative estimate of drug-likeness (QED) is 0.863. The third kappa shape index (κ3) is 3.84. The molecule has 1 amide bonds. The Balaban J connectivity index is 2.76. The van der Waals surface area contributed by atoms with E-state index in [2.05, 4.69) is 50.4 Å². The summed E-state index contributed by atoms with van der Waals surface area (Å²) in [5.74, 6) is -0.123. The van der Waals surface area contributed by atoms with Crippen LogP contribution in [0.3, 0.4) is 0 Å². The summed E-state index contributed by atoms with van der Waals surface area (Å²) in [6, 6.07) is 7.87. The molecule has 2 atom stereocenters. The van der Waals surface area contributed by atoms with Gasteiger partial charge < -0.3 is 11.1 Å². The Morgan fingerprint density at radius 3 is 2.06 bits per heavy atom. The van der Waals surface area contributed by atoms with Crippen molar-refractivity contribution in [3.05, 3.63) is 35.4 Å². The molecule has 3 nitrogen and oxygen atoms in total. The first-order valence-corrected chi connectivity index (χ1v) is 6.38. The highest BCUT2D eigenvalue weighted by Gasteiger charge is 2.15. The standard InChI is InChI=1S/C15H24N2O/c1-10(16)14(18)17-11(2)12-6-8-13(9-7-12)15(3,4)5/h6-11H,16H2,1-5H3,(H,17,18)/t10-,11?/m1/s1. The van der Waals surface area contributed by atoms with Crippen LogP contribution in [0.1, 0.15) is 51.8 Å². The highest BCUT2D eigenvalue weighted by molar-refractivity contribution is 5.81. The van der Waals surface area contributed by atoms with Crippen LogP contribution in [0, 0.1) is 0 Å². The van der Waals surface area contributed by atoms with Crippen molar-refractivity contribution in [2.75, 3.05) is 0 Å². The van der Waals surface area contributed by atoms with Crippen LogP contribution in [0.15, 0.2) is 24.3 Å². The van der Waals surface area contributed by atoms with Crippen LogP contribution in [0.4, 0.5) is 0 Å². The third-order valence-electron chi connectivity index (χ3n) is 3.05. The molecular formula is C15H24N2O. The molecule has 3 heteroatoms. The van der Waals surface area contributed by atoms with Gasteiger partial charge in [-0.2, -0.15) is 0 Å². The molecule has 0 radical (unpaired) electrons. The van der Waals surface area contributed by atoms with Crippen molar-refractivity contribution in [2.45, 2.75) is 52.1 Å². The van der Waals surface area contributed by atoms with Gasteiger partial charge in [0.25, 0.3) is 0 Å². The van der Waals surface area contributed by atoms with Gasteiger partial charge >= 0.3 is 0 Å². The summed E-state index contributed by atoms with van der Waals surface area (Å²) < 4.78 is 0. The fourth-order valence-electron chi connectivity index (χ4n) is 1.70. The van der Waals surface area contributed by atoms with E-state index in [1.807, 2.05) is 6.92 Å². The highest BCUT2D eigenvalue weighted by Crippen LogP contribution is 2.23. The Labute approximate surface area is 110 Å². The minimum atomic E-state index is -0.471. The molecular weight excluding hydrogens is 224 g/mol. The smallest absolute Gasteiger partial charge is 0.237 e. The van der Waals surface area contributed by atoms with Crippen LogP contribution in [0.25, 0.3) is 0 Å². The average molecular weight is 248 g/mol. The number of hydrogen-bond donors (Lipinski definition) is 2. The predicted octanol–water partition coefficient (Wildman–Crippen LogP) is 2.51. The summed E-state index contributed by atoms with van der Waals surface area (Å²) in [6.45, 7) is 10.2. The summed E-state index contributed by atoms with van der Waals surface area (Å²) in [7, 11) is 0. The third-order valence-corrected chi connectivity index (χ3v) is 3.05. The fourth-order valence-corrected chi connectivity index (χ4v) is 1.70.